The molecule has 10 nitrogen and oxygen atoms in total. The molecule has 0 saturated carbocycles. The Morgan fingerprint density at radius 3 is 2.32 bits per heavy atom. The summed E-state index contributed by atoms with van der Waals surface area (Å²) in [6, 6.07) is 25.7. The molecule has 2 N–H and O–H groups in total. The first-order valence-electron chi connectivity index (χ1n) is 12.0. The number of benzene rings is 4. The second-order valence-electron chi connectivity index (χ2n) is 8.39. The van der Waals surface area contributed by atoms with Crippen molar-refractivity contribution in [3.8, 4) is 5.75 Å². The van der Waals surface area contributed by atoms with Gasteiger partial charge in [-0.25, -0.2) is 10.2 Å². The predicted octanol–water partition coefficient (Wildman–Crippen LogP) is 5.99. The normalized spacial score (nSPS) is 10.9. The highest BCUT2D eigenvalue weighted by molar-refractivity contribution is 9.10. The number of non-ortho nitro benzene ring substituents is 1. The maximum Gasteiger partial charge on any atom is 0.336 e. The van der Waals surface area contributed by atoms with E-state index in [-0.39, 0.29) is 22.9 Å². The van der Waals surface area contributed by atoms with Crippen LogP contribution in [0.3, 0.4) is 0 Å². The van der Waals surface area contributed by atoms with Crippen molar-refractivity contribution in [3.05, 3.63) is 140 Å². The molecule has 204 valence electrons. The summed E-state index contributed by atoms with van der Waals surface area (Å²) in [7, 11) is 0. The first kappa shape index (κ1) is 28.6. The van der Waals surface area contributed by atoms with Crippen molar-refractivity contribution >= 4 is 57.4 Å². The van der Waals surface area contributed by atoms with Crippen LogP contribution in [-0.2, 0) is 4.79 Å². The zero-order valence-electron chi connectivity index (χ0n) is 21.2. The molecule has 0 unspecified atom stereocenters. The molecule has 0 spiro atoms. The van der Waals surface area contributed by atoms with Crippen LogP contribution in [0.5, 0.6) is 5.75 Å². The van der Waals surface area contributed by atoms with Gasteiger partial charge < -0.3 is 10.1 Å². The Labute approximate surface area is 242 Å². The summed E-state index contributed by atoms with van der Waals surface area (Å²) in [6.45, 7) is 0. The smallest absolute Gasteiger partial charge is 0.336 e. The van der Waals surface area contributed by atoms with Crippen LogP contribution in [-0.4, -0.2) is 28.9 Å². The molecule has 2 amide bonds. The monoisotopic (exact) mass is 612 g/mol. The molecule has 4 rings (SSSR count). The molecular weight excluding hydrogens is 592 g/mol. The third-order valence-electron chi connectivity index (χ3n) is 5.49. The van der Waals surface area contributed by atoms with Gasteiger partial charge in [0.05, 0.1) is 11.1 Å². The Morgan fingerprint density at radius 1 is 0.854 bits per heavy atom. The minimum absolute atomic E-state index is 0.0573. The van der Waals surface area contributed by atoms with E-state index >= 15 is 0 Å². The van der Waals surface area contributed by atoms with Crippen LogP contribution < -0.4 is 15.5 Å². The van der Waals surface area contributed by atoms with E-state index in [0.717, 1.165) is 0 Å². The molecule has 0 heterocycles. The van der Waals surface area contributed by atoms with Gasteiger partial charge in [-0.05, 0) is 72.3 Å². The van der Waals surface area contributed by atoms with E-state index in [1.807, 2.05) is 6.07 Å². The number of halogens is 1. The highest BCUT2D eigenvalue weighted by Gasteiger charge is 2.10. The molecule has 0 radical (unpaired) electrons. The fourth-order valence-electron chi connectivity index (χ4n) is 3.48. The molecule has 0 fully saturated rings. The molecule has 0 aliphatic carbocycles. The zero-order valence-corrected chi connectivity index (χ0v) is 22.8. The maximum absolute atomic E-state index is 12.7. The number of nitrogens with one attached hydrogen (secondary N) is 2. The summed E-state index contributed by atoms with van der Waals surface area (Å²) in [4.78, 5) is 47.7. The number of hydrogen-bond donors (Lipinski definition) is 2. The van der Waals surface area contributed by atoms with Gasteiger partial charge in [0.25, 0.3) is 17.5 Å². The minimum Gasteiger partial charge on any atom is -0.423 e. The largest absolute Gasteiger partial charge is 0.423 e. The molecule has 0 bridgehead atoms. The molecule has 0 saturated heterocycles. The van der Waals surface area contributed by atoms with E-state index in [9.17, 15) is 24.5 Å². The maximum atomic E-state index is 12.7. The van der Waals surface area contributed by atoms with Crippen LogP contribution in [0.1, 0.15) is 31.8 Å². The lowest BCUT2D eigenvalue weighted by atomic mass is 10.1. The van der Waals surface area contributed by atoms with Crippen LogP contribution in [0, 0.1) is 10.1 Å². The third-order valence-corrected chi connectivity index (χ3v) is 5.98. The fourth-order valence-corrected chi connectivity index (χ4v) is 3.86. The Morgan fingerprint density at radius 2 is 1.59 bits per heavy atom. The first-order valence-corrected chi connectivity index (χ1v) is 12.8. The van der Waals surface area contributed by atoms with Crippen LogP contribution in [0.4, 0.5) is 11.4 Å². The summed E-state index contributed by atoms with van der Waals surface area (Å²) in [5.41, 5.74) is 4.54. The van der Waals surface area contributed by atoms with Crippen molar-refractivity contribution in [2.45, 2.75) is 0 Å². The molecule has 0 aliphatic rings. The summed E-state index contributed by atoms with van der Waals surface area (Å²) >= 11 is 3.36. The van der Waals surface area contributed by atoms with Crippen LogP contribution >= 0.6 is 15.9 Å². The second kappa shape index (κ2) is 13.6. The van der Waals surface area contributed by atoms with Gasteiger partial charge in [-0.1, -0.05) is 40.2 Å². The molecule has 0 aliphatic heterocycles. The predicted molar refractivity (Wildman–Crippen MR) is 158 cm³/mol. The lowest BCUT2D eigenvalue weighted by molar-refractivity contribution is -0.384. The van der Waals surface area contributed by atoms with E-state index < -0.39 is 16.8 Å². The van der Waals surface area contributed by atoms with Gasteiger partial charge in [0, 0.05) is 45.1 Å². The van der Waals surface area contributed by atoms with E-state index in [4.69, 9.17) is 4.74 Å². The summed E-state index contributed by atoms with van der Waals surface area (Å²) in [5.74, 6) is -1.31. The van der Waals surface area contributed by atoms with Crippen molar-refractivity contribution in [1.82, 2.24) is 5.43 Å². The van der Waals surface area contributed by atoms with E-state index in [1.165, 1.54) is 48.7 Å². The number of esters is 1. The summed E-state index contributed by atoms with van der Waals surface area (Å²) < 4.78 is 6.10. The van der Waals surface area contributed by atoms with Crippen molar-refractivity contribution in [2.24, 2.45) is 5.10 Å². The van der Waals surface area contributed by atoms with Gasteiger partial charge in [0.15, 0.2) is 0 Å². The van der Waals surface area contributed by atoms with E-state index in [0.29, 0.717) is 26.9 Å². The number of carbonyl (C=O) groups is 3. The minimum atomic E-state index is -0.682. The van der Waals surface area contributed by atoms with Crippen LogP contribution in [0.15, 0.2) is 113 Å². The summed E-state index contributed by atoms with van der Waals surface area (Å²) in [6.07, 6.45) is 3.98. The average Bonchev–Trinajstić information content (AvgIpc) is 2.98. The first-order chi connectivity index (χ1) is 19.8. The zero-order chi connectivity index (χ0) is 29.2. The number of hydrogen-bond acceptors (Lipinski definition) is 7. The van der Waals surface area contributed by atoms with Crippen molar-refractivity contribution in [2.75, 3.05) is 5.32 Å². The third kappa shape index (κ3) is 8.28. The molecule has 4 aromatic carbocycles. The number of nitro groups is 1. The lowest BCUT2D eigenvalue weighted by Crippen LogP contribution is -2.18. The van der Waals surface area contributed by atoms with Crippen LogP contribution in [0.2, 0.25) is 0 Å². The number of nitrogens with zero attached hydrogens (tertiary/aromatic N) is 2. The Balaban J connectivity index is 1.38. The standard InChI is InChI=1S/C30H21BrN4O6/c31-24-12-15-27(41-28(36)16-11-20-9-13-26(14-10-20)35(39)40)23(17-24)19-32-34-30(38)22-7-4-8-25(18-22)33-29(37)21-5-2-1-3-6-21/h1-19H,(H,33,37)(H,34,38)/b16-11+,32-19?. The fraction of sp³-hybridized carbons (Fsp3) is 0. The van der Waals surface area contributed by atoms with Crippen molar-refractivity contribution < 1.29 is 24.0 Å². The Hall–Kier alpha value is -5.42. The number of carbonyl (C=O) groups excluding carboxylic acids is 3. The Bertz CT molecular complexity index is 1650. The molecule has 11 heteroatoms. The quantitative estimate of drug-likeness (QED) is 0.0594. The number of rotatable bonds is 9. The molecular formula is C30H21BrN4O6. The molecule has 41 heavy (non-hydrogen) atoms. The second-order valence-corrected chi connectivity index (χ2v) is 9.30. The number of hydrazone groups is 1. The number of nitro benzene ring substituents is 1. The number of anilines is 1. The van der Waals surface area contributed by atoms with Crippen molar-refractivity contribution in [3.63, 3.8) is 0 Å². The van der Waals surface area contributed by atoms with Gasteiger partial charge in [-0.15, -0.1) is 0 Å². The number of ether oxygens (including phenoxy) is 1. The Kier molecular flexibility index (Phi) is 9.47. The number of amides is 2. The molecule has 4 aromatic rings. The topological polar surface area (TPSA) is 140 Å². The highest BCUT2D eigenvalue weighted by atomic mass is 79.9. The molecule has 0 aromatic heterocycles. The van der Waals surface area contributed by atoms with Gasteiger partial charge in [0.2, 0.25) is 0 Å². The van der Waals surface area contributed by atoms with Gasteiger partial charge >= 0.3 is 5.97 Å². The van der Waals surface area contributed by atoms with Gasteiger partial charge in [-0.3, -0.25) is 19.7 Å². The van der Waals surface area contributed by atoms with Gasteiger partial charge in [0.1, 0.15) is 5.75 Å². The van der Waals surface area contributed by atoms with Crippen molar-refractivity contribution in [1.29, 1.82) is 0 Å². The average molecular weight is 613 g/mol. The van der Waals surface area contributed by atoms with E-state index in [1.54, 1.807) is 60.7 Å². The van der Waals surface area contributed by atoms with Gasteiger partial charge in [-0.2, -0.15) is 5.10 Å². The SMILES string of the molecule is O=C(/C=C/c1ccc([N+](=O)[O-])cc1)Oc1ccc(Br)cc1C=NNC(=O)c1cccc(NC(=O)c2ccccc2)c1. The summed E-state index contributed by atoms with van der Waals surface area (Å²) in [5, 5.41) is 17.5. The van der Waals surface area contributed by atoms with E-state index in [2.05, 4.69) is 31.8 Å². The van der Waals surface area contributed by atoms with Crippen LogP contribution in [0.25, 0.3) is 6.08 Å². The molecule has 0 atom stereocenters. The highest BCUT2D eigenvalue weighted by Crippen LogP contribution is 2.22. The lowest BCUT2D eigenvalue weighted by Gasteiger charge is -2.08.